The first kappa shape index (κ1) is 13.3. The highest BCUT2D eigenvalue weighted by Gasteiger charge is 2.12. The zero-order valence-electron chi connectivity index (χ0n) is 11.0. The van der Waals surface area contributed by atoms with E-state index in [4.69, 9.17) is 4.74 Å². The van der Waals surface area contributed by atoms with Gasteiger partial charge >= 0.3 is 0 Å². The molecule has 0 radical (unpaired) electrons. The monoisotopic (exact) mass is 259 g/mol. The molecule has 1 aromatic carbocycles. The number of hydrogen-bond acceptors (Lipinski definition) is 3. The molecule has 100 valence electrons. The van der Waals surface area contributed by atoms with Gasteiger partial charge in [-0.25, -0.2) is 4.68 Å². The highest BCUT2D eigenvalue weighted by atomic mass is 16.5. The number of rotatable bonds is 5. The molecule has 5 nitrogen and oxygen atoms in total. The van der Waals surface area contributed by atoms with Crippen LogP contribution in [0.15, 0.2) is 42.7 Å². The lowest BCUT2D eigenvalue weighted by Crippen LogP contribution is -2.35. The molecule has 0 aliphatic carbocycles. The number of nitrogens with zero attached hydrogens (tertiary/aromatic N) is 2. The molecule has 0 spiro atoms. The maximum Gasteiger partial charge on any atom is 0.254 e. The molecule has 0 aliphatic rings. The molecule has 0 aliphatic heterocycles. The highest BCUT2D eigenvalue weighted by Crippen LogP contribution is 2.07. The average Bonchev–Trinajstić information content (AvgIpc) is 2.89. The summed E-state index contributed by atoms with van der Waals surface area (Å²) in [6, 6.07) is 9.63. The predicted octanol–water partition coefficient (Wildman–Crippen LogP) is 1.64. The number of para-hydroxylation sites is 1. The van der Waals surface area contributed by atoms with Crippen molar-refractivity contribution in [1.82, 2.24) is 15.1 Å². The Bertz CT molecular complexity index is 537. The minimum absolute atomic E-state index is 0.0300. The van der Waals surface area contributed by atoms with Crippen molar-refractivity contribution in [3.63, 3.8) is 0 Å². The Balaban J connectivity index is 2.07. The summed E-state index contributed by atoms with van der Waals surface area (Å²) in [5.41, 5.74) is 1.46. The van der Waals surface area contributed by atoms with Crippen LogP contribution in [-0.2, 0) is 4.74 Å². The first-order chi connectivity index (χ1) is 9.20. The third-order valence-corrected chi connectivity index (χ3v) is 2.66. The Hall–Kier alpha value is -2.14. The number of carbonyl (C=O) groups is 1. The molecule has 1 atom stereocenters. The van der Waals surface area contributed by atoms with Crippen LogP contribution in [0.4, 0.5) is 0 Å². The van der Waals surface area contributed by atoms with Gasteiger partial charge in [-0.1, -0.05) is 18.2 Å². The Morgan fingerprint density at radius 3 is 2.84 bits per heavy atom. The van der Waals surface area contributed by atoms with E-state index in [0.29, 0.717) is 12.2 Å². The summed E-state index contributed by atoms with van der Waals surface area (Å²) in [6.45, 7) is 2.38. The lowest BCUT2D eigenvalue weighted by Gasteiger charge is -2.11. The van der Waals surface area contributed by atoms with Gasteiger partial charge in [-0.2, -0.15) is 5.10 Å². The number of nitrogens with one attached hydrogen (secondary N) is 1. The fraction of sp³-hybridized carbons (Fsp3) is 0.286. The smallest absolute Gasteiger partial charge is 0.254 e. The van der Waals surface area contributed by atoms with Crippen LogP contribution >= 0.6 is 0 Å². The van der Waals surface area contributed by atoms with E-state index in [0.717, 1.165) is 5.69 Å². The molecule has 1 heterocycles. The van der Waals surface area contributed by atoms with E-state index >= 15 is 0 Å². The number of benzene rings is 1. The molecule has 0 unspecified atom stereocenters. The van der Waals surface area contributed by atoms with Gasteiger partial charge in [0.1, 0.15) is 0 Å². The van der Waals surface area contributed by atoms with Gasteiger partial charge in [0.2, 0.25) is 0 Å². The van der Waals surface area contributed by atoms with Crippen LogP contribution in [0, 0.1) is 0 Å². The Morgan fingerprint density at radius 2 is 2.16 bits per heavy atom. The molecule has 5 heteroatoms. The summed E-state index contributed by atoms with van der Waals surface area (Å²) in [5, 5.41) is 7.03. The lowest BCUT2D eigenvalue weighted by atomic mass is 10.3. The van der Waals surface area contributed by atoms with Crippen molar-refractivity contribution in [2.75, 3.05) is 13.7 Å². The average molecular weight is 259 g/mol. The van der Waals surface area contributed by atoms with Gasteiger partial charge < -0.3 is 10.1 Å². The first-order valence-corrected chi connectivity index (χ1v) is 6.10. The maximum absolute atomic E-state index is 12.0. The third-order valence-electron chi connectivity index (χ3n) is 2.66. The number of ether oxygens (including phenoxy) is 1. The van der Waals surface area contributed by atoms with Crippen LogP contribution in [-0.4, -0.2) is 35.4 Å². The van der Waals surface area contributed by atoms with Crippen LogP contribution in [0.5, 0.6) is 0 Å². The quantitative estimate of drug-likeness (QED) is 0.888. The van der Waals surface area contributed by atoms with E-state index < -0.39 is 0 Å². The summed E-state index contributed by atoms with van der Waals surface area (Å²) in [4.78, 5) is 12.0. The lowest BCUT2D eigenvalue weighted by molar-refractivity contribution is 0.0905. The Labute approximate surface area is 112 Å². The maximum atomic E-state index is 12.0. The van der Waals surface area contributed by atoms with Crippen LogP contribution in [0.3, 0.4) is 0 Å². The topological polar surface area (TPSA) is 56.1 Å². The van der Waals surface area contributed by atoms with E-state index in [1.165, 1.54) is 0 Å². The Morgan fingerprint density at radius 1 is 1.42 bits per heavy atom. The summed E-state index contributed by atoms with van der Waals surface area (Å²) >= 11 is 0. The zero-order chi connectivity index (χ0) is 13.7. The minimum atomic E-state index is -0.147. The molecule has 0 saturated heterocycles. The second-order valence-corrected chi connectivity index (χ2v) is 4.34. The van der Waals surface area contributed by atoms with E-state index in [-0.39, 0.29) is 11.9 Å². The molecule has 2 aromatic rings. The molecule has 2 rings (SSSR count). The molecule has 1 N–H and O–H groups in total. The van der Waals surface area contributed by atoms with Crippen LogP contribution < -0.4 is 5.32 Å². The molecule has 19 heavy (non-hydrogen) atoms. The fourth-order valence-corrected chi connectivity index (χ4v) is 1.76. The molecular weight excluding hydrogens is 242 g/mol. The van der Waals surface area contributed by atoms with E-state index in [1.807, 2.05) is 37.3 Å². The number of amides is 1. The van der Waals surface area contributed by atoms with Gasteiger partial charge in [0.25, 0.3) is 5.91 Å². The van der Waals surface area contributed by atoms with Crippen molar-refractivity contribution in [2.24, 2.45) is 0 Å². The van der Waals surface area contributed by atoms with Gasteiger partial charge in [0.05, 0.1) is 24.1 Å². The largest absolute Gasteiger partial charge is 0.383 e. The van der Waals surface area contributed by atoms with Crippen molar-refractivity contribution < 1.29 is 9.53 Å². The zero-order valence-corrected chi connectivity index (χ0v) is 11.0. The molecular formula is C14H17N3O2. The standard InChI is InChI=1S/C14H17N3O2/c1-11(10-19-2)16-14(18)12-8-15-17(9-12)13-6-4-3-5-7-13/h3-9,11H,10H2,1-2H3,(H,16,18)/t11-/m0/s1. The van der Waals surface area contributed by atoms with Crippen molar-refractivity contribution >= 4 is 5.91 Å². The third kappa shape index (κ3) is 3.42. The Kier molecular flexibility index (Phi) is 4.30. The molecule has 0 bridgehead atoms. The van der Waals surface area contributed by atoms with E-state index in [1.54, 1.807) is 24.2 Å². The number of hydrogen-bond donors (Lipinski definition) is 1. The van der Waals surface area contributed by atoms with Crippen LogP contribution in [0.1, 0.15) is 17.3 Å². The van der Waals surface area contributed by atoms with Gasteiger partial charge in [0.15, 0.2) is 0 Å². The number of aromatic nitrogens is 2. The van der Waals surface area contributed by atoms with Gasteiger partial charge in [-0.15, -0.1) is 0 Å². The minimum Gasteiger partial charge on any atom is -0.383 e. The number of methoxy groups -OCH3 is 1. The summed E-state index contributed by atoms with van der Waals surface area (Å²) < 4.78 is 6.66. The number of carbonyl (C=O) groups excluding carboxylic acids is 1. The van der Waals surface area contributed by atoms with E-state index in [9.17, 15) is 4.79 Å². The molecule has 1 aromatic heterocycles. The first-order valence-electron chi connectivity index (χ1n) is 6.10. The van der Waals surface area contributed by atoms with Gasteiger partial charge in [-0.3, -0.25) is 4.79 Å². The SMILES string of the molecule is COC[C@H](C)NC(=O)c1cnn(-c2ccccc2)c1. The summed E-state index contributed by atoms with van der Waals surface area (Å²) in [7, 11) is 1.61. The second kappa shape index (κ2) is 6.15. The van der Waals surface area contributed by atoms with Crippen LogP contribution in [0.25, 0.3) is 5.69 Å². The molecule has 1 amide bonds. The van der Waals surface area contributed by atoms with Crippen LogP contribution in [0.2, 0.25) is 0 Å². The van der Waals surface area contributed by atoms with Crippen molar-refractivity contribution in [1.29, 1.82) is 0 Å². The van der Waals surface area contributed by atoms with Gasteiger partial charge in [0, 0.05) is 19.3 Å². The van der Waals surface area contributed by atoms with Gasteiger partial charge in [-0.05, 0) is 19.1 Å². The fourth-order valence-electron chi connectivity index (χ4n) is 1.76. The molecule has 0 fully saturated rings. The van der Waals surface area contributed by atoms with E-state index in [2.05, 4.69) is 10.4 Å². The van der Waals surface area contributed by atoms with Crippen molar-refractivity contribution in [2.45, 2.75) is 13.0 Å². The summed E-state index contributed by atoms with van der Waals surface area (Å²) in [6.07, 6.45) is 3.27. The summed E-state index contributed by atoms with van der Waals surface area (Å²) in [5.74, 6) is -0.147. The normalized spacial score (nSPS) is 12.1. The van der Waals surface area contributed by atoms with Crippen molar-refractivity contribution in [3.8, 4) is 5.69 Å². The second-order valence-electron chi connectivity index (χ2n) is 4.34. The highest BCUT2D eigenvalue weighted by molar-refractivity contribution is 5.93. The predicted molar refractivity (Wildman–Crippen MR) is 72.4 cm³/mol. The van der Waals surface area contributed by atoms with Crippen molar-refractivity contribution in [3.05, 3.63) is 48.3 Å². The molecule has 0 saturated carbocycles.